The van der Waals surface area contributed by atoms with Gasteiger partial charge in [0.2, 0.25) is 5.43 Å². The number of hydrogen-bond donors (Lipinski definition) is 2. The number of benzene rings is 1. The van der Waals surface area contributed by atoms with Gasteiger partial charge in [-0.3, -0.25) is 4.79 Å². The van der Waals surface area contributed by atoms with Crippen molar-refractivity contribution < 1.29 is 18.3 Å². The average molecular weight is 377 g/mol. The minimum absolute atomic E-state index is 0.00593. The molecule has 1 saturated carbocycles. The van der Waals surface area contributed by atoms with Crippen LogP contribution < -0.4 is 15.6 Å². The summed E-state index contributed by atoms with van der Waals surface area (Å²) in [5, 5.41) is 2.97. The van der Waals surface area contributed by atoms with Crippen LogP contribution in [0.5, 0.6) is 0 Å². The van der Waals surface area contributed by atoms with Crippen LogP contribution in [0, 0.1) is 11.6 Å². The van der Waals surface area contributed by atoms with Gasteiger partial charge in [0.15, 0.2) is 5.82 Å². The molecule has 27 heavy (non-hydrogen) atoms. The molecule has 0 amide bonds. The summed E-state index contributed by atoms with van der Waals surface area (Å²) in [6.07, 6.45) is 1.61. The molecule has 1 saturated heterocycles. The summed E-state index contributed by atoms with van der Waals surface area (Å²) in [5.74, 6) is -2.36. The number of rotatable bonds is 4. The van der Waals surface area contributed by atoms with Crippen molar-refractivity contribution >= 4 is 22.6 Å². The largest absolute Gasteiger partial charge is 0.462 e. The van der Waals surface area contributed by atoms with Crippen LogP contribution in [0.4, 0.5) is 14.5 Å². The monoisotopic (exact) mass is 377 g/mol. The lowest BCUT2D eigenvalue weighted by molar-refractivity contribution is 0.0523. The first-order valence-electron chi connectivity index (χ1n) is 9.23. The Kier molecular flexibility index (Phi) is 4.59. The fourth-order valence-corrected chi connectivity index (χ4v) is 3.63. The van der Waals surface area contributed by atoms with E-state index in [1.165, 1.54) is 0 Å². The van der Waals surface area contributed by atoms with Gasteiger partial charge in [0.25, 0.3) is 0 Å². The molecule has 8 heteroatoms. The molecule has 6 nitrogen and oxygen atoms in total. The molecule has 0 atom stereocenters. The van der Waals surface area contributed by atoms with Gasteiger partial charge in [-0.1, -0.05) is 0 Å². The molecule has 2 N–H and O–H groups in total. The van der Waals surface area contributed by atoms with Gasteiger partial charge in [-0.15, -0.1) is 0 Å². The van der Waals surface area contributed by atoms with Crippen LogP contribution in [0.1, 0.15) is 41.7 Å². The summed E-state index contributed by atoms with van der Waals surface area (Å²) in [4.78, 5) is 29.8. The highest BCUT2D eigenvalue weighted by Gasteiger charge is 2.33. The van der Waals surface area contributed by atoms with Gasteiger partial charge in [0.05, 0.1) is 17.5 Å². The Bertz CT molecular complexity index is 963. The first-order valence-corrected chi connectivity index (χ1v) is 9.23. The number of aromatic nitrogens is 1. The normalized spacial score (nSPS) is 17.4. The van der Waals surface area contributed by atoms with E-state index in [9.17, 15) is 14.0 Å². The van der Waals surface area contributed by atoms with Gasteiger partial charge in [0, 0.05) is 37.8 Å². The van der Waals surface area contributed by atoms with E-state index in [-0.39, 0.29) is 34.7 Å². The number of esters is 1. The summed E-state index contributed by atoms with van der Waals surface area (Å²) >= 11 is 0. The van der Waals surface area contributed by atoms with E-state index < -0.39 is 23.0 Å². The van der Waals surface area contributed by atoms with E-state index in [1.54, 1.807) is 11.8 Å². The smallest absolute Gasteiger partial charge is 0.343 e. The number of fused-ring (bicyclic) bond motifs is 1. The van der Waals surface area contributed by atoms with Crippen molar-refractivity contribution in [2.24, 2.45) is 0 Å². The molecule has 2 aromatic rings. The predicted octanol–water partition coefficient (Wildman–Crippen LogP) is 2.27. The maximum atomic E-state index is 15.3. The van der Waals surface area contributed by atoms with Crippen LogP contribution in [0.2, 0.25) is 0 Å². The Labute approximate surface area is 154 Å². The lowest BCUT2D eigenvalue weighted by Gasteiger charge is -2.30. The summed E-state index contributed by atoms with van der Waals surface area (Å²) < 4.78 is 35.0. The van der Waals surface area contributed by atoms with E-state index in [1.807, 2.05) is 0 Å². The van der Waals surface area contributed by atoms with Crippen LogP contribution in [0.25, 0.3) is 10.9 Å². The molecule has 2 fully saturated rings. The molecular formula is C19H21F2N3O3. The summed E-state index contributed by atoms with van der Waals surface area (Å²) in [6, 6.07) is 1.02. The number of halogens is 2. The lowest BCUT2D eigenvalue weighted by atomic mass is 10.0. The highest BCUT2D eigenvalue weighted by Crippen LogP contribution is 2.41. The van der Waals surface area contributed by atoms with E-state index in [0.29, 0.717) is 31.9 Å². The number of carbonyl (C=O) groups is 1. The van der Waals surface area contributed by atoms with Crippen molar-refractivity contribution in [1.29, 1.82) is 0 Å². The van der Waals surface area contributed by atoms with Crippen LogP contribution in [0.3, 0.4) is 0 Å². The Hall–Kier alpha value is -2.48. The lowest BCUT2D eigenvalue weighted by Crippen LogP contribution is -2.44. The summed E-state index contributed by atoms with van der Waals surface area (Å²) in [7, 11) is 0. The topological polar surface area (TPSA) is 74.4 Å². The van der Waals surface area contributed by atoms with Crippen molar-refractivity contribution in [3.63, 3.8) is 0 Å². The van der Waals surface area contributed by atoms with Gasteiger partial charge in [-0.05, 0) is 25.8 Å². The van der Waals surface area contributed by atoms with E-state index >= 15 is 4.39 Å². The highest BCUT2D eigenvalue weighted by atomic mass is 19.1. The number of nitrogens with one attached hydrogen (secondary N) is 2. The molecule has 1 aromatic heterocycles. The van der Waals surface area contributed by atoms with Crippen molar-refractivity contribution in [1.82, 2.24) is 10.3 Å². The zero-order chi connectivity index (χ0) is 19.1. The highest BCUT2D eigenvalue weighted by molar-refractivity contribution is 5.96. The number of anilines is 1. The molecule has 0 spiro atoms. The minimum Gasteiger partial charge on any atom is -0.462 e. The average Bonchev–Trinajstić information content (AvgIpc) is 3.48. The van der Waals surface area contributed by atoms with Crippen molar-refractivity contribution in [2.75, 3.05) is 37.7 Å². The number of H-pyrrole nitrogens is 1. The fourth-order valence-electron chi connectivity index (χ4n) is 3.63. The quantitative estimate of drug-likeness (QED) is 0.800. The number of nitrogens with zero attached hydrogens (tertiary/aromatic N) is 1. The second-order valence-corrected chi connectivity index (χ2v) is 6.92. The molecule has 0 unspecified atom stereocenters. The second kappa shape index (κ2) is 6.92. The number of aromatic amines is 1. The third-order valence-corrected chi connectivity index (χ3v) is 5.09. The Morgan fingerprint density at radius 3 is 2.63 bits per heavy atom. The Morgan fingerprint density at radius 1 is 1.30 bits per heavy atom. The van der Waals surface area contributed by atoms with Crippen LogP contribution in [0.15, 0.2) is 10.9 Å². The van der Waals surface area contributed by atoms with E-state index in [4.69, 9.17) is 4.74 Å². The van der Waals surface area contributed by atoms with Gasteiger partial charge in [0.1, 0.15) is 17.1 Å². The number of piperazine rings is 1. The van der Waals surface area contributed by atoms with Crippen molar-refractivity contribution in [2.45, 2.75) is 25.7 Å². The minimum atomic E-state index is -0.804. The maximum Gasteiger partial charge on any atom is 0.343 e. The zero-order valence-electron chi connectivity index (χ0n) is 15.0. The molecule has 0 radical (unpaired) electrons. The van der Waals surface area contributed by atoms with Gasteiger partial charge >= 0.3 is 5.97 Å². The molecule has 1 aliphatic heterocycles. The molecule has 0 bridgehead atoms. The summed E-state index contributed by atoms with van der Waals surface area (Å²) in [6.45, 7) is 3.96. The SMILES string of the molecule is CCOC(=O)c1c(C2CC2)[nH]c2c(F)c(N3CCNCC3)c(F)cc2c1=O. The molecular weight excluding hydrogens is 356 g/mol. The predicted molar refractivity (Wildman–Crippen MR) is 97.5 cm³/mol. The maximum absolute atomic E-state index is 15.3. The van der Waals surface area contributed by atoms with Crippen LogP contribution in [-0.2, 0) is 4.74 Å². The molecule has 2 aliphatic rings. The molecule has 1 aromatic carbocycles. The van der Waals surface area contributed by atoms with Gasteiger partial charge in [-0.2, -0.15) is 0 Å². The third kappa shape index (κ3) is 3.07. The molecule has 144 valence electrons. The van der Waals surface area contributed by atoms with Gasteiger partial charge in [-0.25, -0.2) is 13.6 Å². The first-order chi connectivity index (χ1) is 13.0. The Balaban J connectivity index is 1.94. The first kappa shape index (κ1) is 17.9. The standard InChI is InChI=1S/C19H21F2N3O3/c1-2-27-19(26)13-15(10-3-4-10)23-16-11(18(13)25)9-12(20)17(14(16)21)24-7-5-22-6-8-24/h9-10,22H,2-8H2,1H3,(H,23,25). The number of ether oxygens (including phenoxy) is 1. The van der Waals surface area contributed by atoms with Gasteiger partial charge < -0.3 is 19.9 Å². The molecule has 1 aliphatic carbocycles. The van der Waals surface area contributed by atoms with Crippen LogP contribution in [-0.4, -0.2) is 43.7 Å². The fraction of sp³-hybridized carbons (Fsp3) is 0.474. The number of hydrogen-bond acceptors (Lipinski definition) is 5. The van der Waals surface area contributed by atoms with E-state index in [0.717, 1.165) is 18.9 Å². The molecule has 2 heterocycles. The third-order valence-electron chi connectivity index (χ3n) is 5.09. The van der Waals surface area contributed by atoms with Crippen LogP contribution >= 0.6 is 0 Å². The second-order valence-electron chi connectivity index (χ2n) is 6.92. The molecule has 4 rings (SSSR count). The summed E-state index contributed by atoms with van der Waals surface area (Å²) in [5.41, 5.74) is -0.618. The van der Waals surface area contributed by atoms with E-state index in [2.05, 4.69) is 10.3 Å². The van der Waals surface area contributed by atoms with Crippen molar-refractivity contribution in [3.8, 4) is 0 Å². The Morgan fingerprint density at radius 2 is 2.00 bits per heavy atom. The number of pyridine rings is 1. The van der Waals surface area contributed by atoms with Crippen molar-refractivity contribution in [3.05, 3.63) is 39.2 Å². The zero-order valence-corrected chi connectivity index (χ0v) is 15.0. The number of carbonyl (C=O) groups excluding carboxylic acids is 1.